The average molecular weight is 158 g/mol. The van der Waals surface area contributed by atoms with Crippen molar-refractivity contribution in [3.8, 4) is 0 Å². The summed E-state index contributed by atoms with van der Waals surface area (Å²) in [5, 5.41) is 0. The van der Waals surface area contributed by atoms with Gasteiger partial charge in [0.1, 0.15) is 0 Å². The van der Waals surface area contributed by atoms with Crippen LogP contribution < -0.4 is 0 Å². The minimum absolute atomic E-state index is 1.31. The minimum Gasteiger partial charge on any atom is -0.0690 e. The lowest BCUT2D eigenvalue weighted by molar-refractivity contribution is 1.33. The normalized spacial score (nSPS) is 14.7. The summed E-state index contributed by atoms with van der Waals surface area (Å²) in [6.07, 6.45) is 4.94. The molecule has 0 bridgehead atoms. The molecule has 0 amide bonds. The van der Waals surface area contributed by atoms with Crippen LogP contribution in [0.15, 0.2) is 23.8 Å². The van der Waals surface area contributed by atoms with E-state index in [1.165, 1.54) is 29.5 Å². The minimum atomic E-state index is 1.31. The van der Waals surface area contributed by atoms with Crippen LogP contribution in [-0.4, -0.2) is 0 Å². The zero-order valence-electron chi connectivity index (χ0n) is 7.72. The van der Waals surface area contributed by atoms with Crippen molar-refractivity contribution >= 4 is 6.08 Å². The van der Waals surface area contributed by atoms with Gasteiger partial charge >= 0.3 is 0 Å². The Morgan fingerprint density at radius 1 is 1.08 bits per heavy atom. The van der Waals surface area contributed by atoms with E-state index in [1.807, 2.05) is 0 Å². The lowest BCUT2D eigenvalue weighted by atomic mass is 10.1. The monoisotopic (exact) mass is 158 g/mol. The summed E-state index contributed by atoms with van der Waals surface area (Å²) in [6.45, 7) is 4.33. The Hall–Kier alpha value is -1.04. The van der Waals surface area contributed by atoms with Crippen LogP contribution in [0.25, 0.3) is 6.08 Å². The molecule has 0 radical (unpaired) electrons. The van der Waals surface area contributed by atoms with Crippen LogP contribution >= 0.6 is 0 Å². The first-order chi connectivity index (χ1) is 5.75. The Morgan fingerprint density at radius 2 is 1.83 bits per heavy atom. The second-order valence-corrected chi connectivity index (χ2v) is 3.65. The van der Waals surface area contributed by atoms with Crippen molar-refractivity contribution in [2.75, 3.05) is 0 Å². The van der Waals surface area contributed by atoms with E-state index >= 15 is 0 Å². The number of hydrogen-bond donors (Lipinski definition) is 0. The van der Waals surface area contributed by atoms with Gasteiger partial charge in [0.2, 0.25) is 0 Å². The molecule has 1 aliphatic carbocycles. The highest BCUT2D eigenvalue weighted by Crippen LogP contribution is 2.30. The van der Waals surface area contributed by atoms with Crippen molar-refractivity contribution in [1.82, 2.24) is 0 Å². The summed E-state index contributed by atoms with van der Waals surface area (Å²) in [7, 11) is 0. The van der Waals surface area contributed by atoms with Crippen molar-refractivity contribution in [2.45, 2.75) is 26.7 Å². The molecule has 2 rings (SSSR count). The molecule has 0 nitrogen and oxygen atoms in total. The van der Waals surface area contributed by atoms with Crippen molar-refractivity contribution < 1.29 is 0 Å². The lowest BCUT2D eigenvalue weighted by Gasteiger charge is -1.99. The first-order valence-corrected chi connectivity index (χ1v) is 4.52. The maximum Gasteiger partial charge on any atom is -0.0254 e. The van der Waals surface area contributed by atoms with Crippen LogP contribution in [0.5, 0.6) is 0 Å². The SMILES string of the molecule is Cc1ccc(C=C2CC2)cc1C. The van der Waals surface area contributed by atoms with Crippen LogP contribution in [0.1, 0.15) is 29.5 Å². The molecule has 0 saturated heterocycles. The number of benzene rings is 1. The molecule has 1 saturated carbocycles. The standard InChI is InChI=1S/C12H14/c1-9-3-4-12(7-10(9)2)8-11-5-6-11/h3-4,7-8H,5-6H2,1-2H3. The Labute approximate surface area is 73.9 Å². The molecule has 0 aromatic heterocycles. The zero-order valence-corrected chi connectivity index (χ0v) is 7.72. The third-order valence-electron chi connectivity index (χ3n) is 2.44. The van der Waals surface area contributed by atoms with Gasteiger partial charge in [0, 0.05) is 0 Å². The maximum atomic E-state index is 2.31. The number of aryl methyl sites for hydroxylation is 2. The van der Waals surface area contributed by atoms with Gasteiger partial charge in [-0.25, -0.2) is 0 Å². The summed E-state index contributed by atoms with van der Waals surface area (Å²) in [5.41, 5.74) is 5.74. The Bertz CT molecular complexity index is 326. The summed E-state index contributed by atoms with van der Waals surface area (Å²) in [4.78, 5) is 0. The zero-order chi connectivity index (χ0) is 8.55. The fourth-order valence-corrected chi connectivity index (χ4v) is 1.31. The third kappa shape index (κ3) is 1.58. The molecule has 0 aliphatic heterocycles. The first-order valence-electron chi connectivity index (χ1n) is 4.52. The van der Waals surface area contributed by atoms with Gasteiger partial charge in [-0.3, -0.25) is 0 Å². The van der Waals surface area contributed by atoms with E-state index in [2.05, 4.69) is 38.1 Å². The predicted molar refractivity (Wildman–Crippen MR) is 53.1 cm³/mol. The Balaban J connectivity index is 2.33. The van der Waals surface area contributed by atoms with E-state index in [-0.39, 0.29) is 0 Å². The van der Waals surface area contributed by atoms with Crippen LogP contribution in [0.2, 0.25) is 0 Å². The van der Waals surface area contributed by atoms with Crippen molar-refractivity contribution in [2.24, 2.45) is 0 Å². The molecule has 1 aromatic rings. The number of hydrogen-bond acceptors (Lipinski definition) is 0. The van der Waals surface area contributed by atoms with E-state index in [0.717, 1.165) is 0 Å². The first kappa shape index (κ1) is 7.60. The number of allylic oxidation sites excluding steroid dienone is 1. The Kier molecular flexibility index (Phi) is 1.76. The Morgan fingerprint density at radius 3 is 2.42 bits per heavy atom. The van der Waals surface area contributed by atoms with Crippen LogP contribution in [0.4, 0.5) is 0 Å². The van der Waals surface area contributed by atoms with Gasteiger partial charge in [-0.15, -0.1) is 0 Å². The van der Waals surface area contributed by atoms with E-state index in [1.54, 1.807) is 5.57 Å². The molecule has 0 N–H and O–H groups in total. The van der Waals surface area contributed by atoms with Gasteiger partial charge in [0.05, 0.1) is 0 Å². The molecule has 0 heterocycles. The summed E-state index contributed by atoms with van der Waals surface area (Å²) >= 11 is 0. The maximum absolute atomic E-state index is 2.31. The average Bonchev–Trinajstić information content (AvgIpc) is 2.81. The third-order valence-corrected chi connectivity index (χ3v) is 2.44. The fourth-order valence-electron chi connectivity index (χ4n) is 1.31. The van der Waals surface area contributed by atoms with Crippen LogP contribution in [0, 0.1) is 13.8 Å². The molecule has 12 heavy (non-hydrogen) atoms. The van der Waals surface area contributed by atoms with E-state index in [4.69, 9.17) is 0 Å². The molecule has 1 aliphatic rings. The predicted octanol–water partition coefficient (Wildman–Crippen LogP) is 3.48. The fraction of sp³-hybridized carbons (Fsp3) is 0.333. The van der Waals surface area contributed by atoms with Gasteiger partial charge in [0.15, 0.2) is 0 Å². The van der Waals surface area contributed by atoms with Crippen LogP contribution in [-0.2, 0) is 0 Å². The van der Waals surface area contributed by atoms with Gasteiger partial charge in [-0.2, -0.15) is 0 Å². The van der Waals surface area contributed by atoms with Gasteiger partial charge in [-0.05, 0) is 43.4 Å². The van der Waals surface area contributed by atoms with Crippen molar-refractivity contribution in [1.29, 1.82) is 0 Å². The molecular weight excluding hydrogens is 144 g/mol. The topological polar surface area (TPSA) is 0 Å². The van der Waals surface area contributed by atoms with Crippen molar-refractivity contribution in [3.63, 3.8) is 0 Å². The molecule has 0 spiro atoms. The highest BCUT2D eigenvalue weighted by Gasteiger charge is 2.10. The molecule has 0 atom stereocenters. The van der Waals surface area contributed by atoms with E-state index in [0.29, 0.717) is 0 Å². The van der Waals surface area contributed by atoms with E-state index in [9.17, 15) is 0 Å². The molecule has 1 aromatic carbocycles. The van der Waals surface area contributed by atoms with Gasteiger partial charge in [0.25, 0.3) is 0 Å². The quantitative estimate of drug-likeness (QED) is 0.587. The second kappa shape index (κ2) is 2.78. The lowest BCUT2D eigenvalue weighted by Crippen LogP contribution is -1.80. The summed E-state index contributed by atoms with van der Waals surface area (Å²) in [5.74, 6) is 0. The van der Waals surface area contributed by atoms with Crippen LogP contribution in [0.3, 0.4) is 0 Å². The van der Waals surface area contributed by atoms with Gasteiger partial charge in [-0.1, -0.05) is 29.8 Å². The largest absolute Gasteiger partial charge is 0.0690 e. The highest BCUT2D eigenvalue weighted by atomic mass is 14.2. The number of rotatable bonds is 1. The van der Waals surface area contributed by atoms with E-state index < -0.39 is 0 Å². The molecule has 0 heteroatoms. The summed E-state index contributed by atoms with van der Waals surface area (Å²) < 4.78 is 0. The molecular formula is C12H14. The molecule has 62 valence electrons. The highest BCUT2D eigenvalue weighted by molar-refractivity contribution is 5.57. The second-order valence-electron chi connectivity index (χ2n) is 3.65. The summed E-state index contributed by atoms with van der Waals surface area (Å²) in [6, 6.07) is 6.67. The molecule has 1 fully saturated rings. The van der Waals surface area contributed by atoms with Gasteiger partial charge < -0.3 is 0 Å². The van der Waals surface area contributed by atoms with Crippen molar-refractivity contribution in [3.05, 3.63) is 40.5 Å². The smallest absolute Gasteiger partial charge is 0.0254 e. The molecule has 0 unspecified atom stereocenters.